The van der Waals surface area contributed by atoms with E-state index in [1.165, 1.54) is 18.2 Å². The lowest BCUT2D eigenvalue weighted by Gasteiger charge is -2.23. The minimum atomic E-state index is -3.71. The molecular weight excluding hydrogens is 375 g/mol. The smallest absolute Gasteiger partial charge is 0.241 e. The van der Waals surface area contributed by atoms with Gasteiger partial charge in [0.05, 0.1) is 18.0 Å². The fraction of sp³-hybridized carbons (Fsp3) is 0.278. The van der Waals surface area contributed by atoms with E-state index in [0.29, 0.717) is 22.7 Å². The third-order valence-corrected chi connectivity index (χ3v) is 5.22. The lowest BCUT2D eigenvalue weighted by atomic mass is 10.1. The van der Waals surface area contributed by atoms with Crippen LogP contribution in [0.2, 0.25) is 0 Å². The van der Waals surface area contributed by atoms with E-state index < -0.39 is 28.5 Å². The average molecular weight is 394 g/mol. The van der Waals surface area contributed by atoms with Crippen LogP contribution in [0.5, 0.6) is 11.5 Å². The second-order valence-electron chi connectivity index (χ2n) is 6.15. The maximum atomic E-state index is 13.0. The van der Waals surface area contributed by atoms with Crippen molar-refractivity contribution in [2.75, 3.05) is 23.9 Å². The molecule has 1 aliphatic heterocycles. The van der Waals surface area contributed by atoms with Gasteiger partial charge in [-0.1, -0.05) is 12.1 Å². The number of amides is 1. The van der Waals surface area contributed by atoms with E-state index in [4.69, 9.17) is 9.47 Å². The fourth-order valence-corrected chi connectivity index (χ4v) is 3.54. The molecule has 0 bridgehead atoms. The van der Waals surface area contributed by atoms with Crippen LogP contribution in [0, 0.1) is 5.82 Å². The maximum Gasteiger partial charge on any atom is 0.241 e. The van der Waals surface area contributed by atoms with E-state index in [-0.39, 0.29) is 12.6 Å². The number of carbonyl (C=O) groups excluding carboxylic acids is 1. The van der Waals surface area contributed by atoms with Gasteiger partial charge >= 0.3 is 0 Å². The first-order valence-electron chi connectivity index (χ1n) is 8.16. The number of sulfonamides is 1. The molecule has 3 rings (SSSR count). The Morgan fingerprint density at radius 3 is 2.52 bits per heavy atom. The Labute approximate surface area is 156 Å². The van der Waals surface area contributed by atoms with E-state index >= 15 is 0 Å². The van der Waals surface area contributed by atoms with Crippen molar-refractivity contribution in [3.05, 3.63) is 53.8 Å². The first-order valence-corrected chi connectivity index (χ1v) is 10.0. The molecule has 144 valence electrons. The largest absolute Gasteiger partial charge is 0.454 e. The fourth-order valence-electron chi connectivity index (χ4n) is 2.69. The number of ether oxygens (including phenoxy) is 2. The number of benzene rings is 2. The van der Waals surface area contributed by atoms with Gasteiger partial charge < -0.3 is 14.8 Å². The molecule has 0 fully saturated rings. The summed E-state index contributed by atoms with van der Waals surface area (Å²) in [6.07, 6.45) is 1.02. The highest BCUT2D eigenvalue weighted by Gasteiger charge is 2.24. The number of nitrogens with zero attached hydrogens (tertiary/aromatic N) is 1. The van der Waals surface area contributed by atoms with Crippen molar-refractivity contribution in [2.24, 2.45) is 0 Å². The third kappa shape index (κ3) is 4.48. The zero-order valence-electron chi connectivity index (χ0n) is 14.8. The predicted molar refractivity (Wildman–Crippen MR) is 97.7 cm³/mol. The quantitative estimate of drug-likeness (QED) is 0.812. The highest BCUT2D eigenvalue weighted by atomic mass is 32.2. The van der Waals surface area contributed by atoms with Crippen LogP contribution in [-0.4, -0.2) is 33.9 Å². The number of halogens is 1. The van der Waals surface area contributed by atoms with Gasteiger partial charge in [-0.3, -0.25) is 9.10 Å². The van der Waals surface area contributed by atoms with Crippen molar-refractivity contribution < 1.29 is 27.1 Å². The number of rotatable bonds is 6. The van der Waals surface area contributed by atoms with Crippen molar-refractivity contribution in [1.29, 1.82) is 0 Å². The molecule has 2 aromatic rings. The summed E-state index contributed by atoms with van der Waals surface area (Å²) in [5.41, 5.74) is 1.00. The zero-order valence-corrected chi connectivity index (χ0v) is 15.6. The Hall–Kier alpha value is -2.81. The van der Waals surface area contributed by atoms with Crippen LogP contribution in [0.15, 0.2) is 42.5 Å². The topological polar surface area (TPSA) is 84.9 Å². The van der Waals surface area contributed by atoms with Gasteiger partial charge in [0.1, 0.15) is 12.4 Å². The van der Waals surface area contributed by atoms with Crippen LogP contribution < -0.4 is 19.1 Å². The first kappa shape index (κ1) is 19.0. The minimum absolute atomic E-state index is 0.0628. The van der Waals surface area contributed by atoms with E-state index in [2.05, 4.69) is 5.32 Å². The molecule has 9 heteroatoms. The zero-order chi connectivity index (χ0) is 19.6. The molecule has 1 heterocycles. The van der Waals surface area contributed by atoms with Crippen LogP contribution in [0.25, 0.3) is 0 Å². The number of hydrogen-bond acceptors (Lipinski definition) is 5. The van der Waals surface area contributed by atoms with Crippen LogP contribution in [0.3, 0.4) is 0 Å². The summed E-state index contributed by atoms with van der Waals surface area (Å²) in [6.45, 7) is 1.40. The SMILES string of the molecule is C[C@@H](NC(=O)CN(c1ccc2c(c1)OCO2)S(C)(=O)=O)c1ccc(F)cc1. The summed E-state index contributed by atoms with van der Waals surface area (Å²) in [4.78, 5) is 12.4. The van der Waals surface area contributed by atoms with Gasteiger partial charge in [0.2, 0.25) is 22.7 Å². The molecule has 1 aliphatic rings. The molecule has 1 atom stereocenters. The molecule has 7 nitrogen and oxygen atoms in total. The van der Waals surface area contributed by atoms with Crippen molar-refractivity contribution in [1.82, 2.24) is 5.32 Å². The van der Waals surface area contributed by atoms with Gasteiger partial charge in [-0.05, 0) is 36.8 Å². The maximum absolute atomic E-state index is 13.0. The second kappa shape index (κ2) is 7.43. The van der Waals surface area contributed by atoms with Crippen molar-refractivity contribution in [3.8, 4) is 11.5 Å². The van der Waals surface area contributed by atoms with Gasteiger partial charge in [0.25, 0.3) is 0 Å². The summed E-state index contributed by atoms with van der Waals surface area (Å²) >= 11 is 0. The monoisotopic (exact) mass is 394 g/mol. The van der Waals surface area contributed by atoms with Crippen molar-refractivity contribution in [2.45, 2.75) is 13.0 Å². The van der Waals surface area contributed by atoms with Gasteiger partial charge in [-0.2, -0.15) is 0 Å². The van der Waals surface area contributed by atoms with Gasteiger partial charge in [0.15, 0.2) is 11.5 Å². The predicted octanol–water partition coefficient (Wildman–Crippen LogP) is 2.20. The Balaban J connectivity index is 1.75. The number of anilines is 1. The lowest BCUT2D eigenvalue weighted by Crippen LogP contribution is -2.41. The van der Waals surface area contributed by atoms with E-state index in [0.717, 1.165) is 10.6 Å². The van der Waals surface area contributed by atoms with Crippen LogP contribution >= 0.6 is 0 Å². The van der Waals surface area contributed by atoms with Crippen molar-refractivity contribution in [3.63, 3.8) is 0 Å². The van der Waals surface area contributed by atoms with Gasteiger partial charge in [0, 0.05) is 6.07 Å². The third-order valence-electron chi connectivity index (χ3n) is 4.08. The molecule has 0 saturated heterocycles. The molecule has 1 N–H and O–H groups in total. The minimum Gasteiger partial charge on any atom is -0.454 e. The molecule has 0 saturated carbocycles. The standard InChI is InChI=1S/C18H19FN2O5S/c1-12(13-3-5-14(19)6-4-13)20-18(22)10-21(27(2,23)24)15-7-8-16-17(9-15)26-11-25-16/h3-9,12H,10-11H2,1-2H3,(H,20,22)/t12-/m1/s1. The van der Waals surface area contributed by atoms with Crippen LogP contribution in [0.4, 0.5) is 10.1 Å². The molecule has 0 aliphatic carbocycles. The van der Waals surface area contributed by atoms with E-state index in [1.54, 1.807) is 31.2 Å². The molecule has 1 amide bonds. The summed E-state index contributed by atoms with van der Waals surface area (Å²) in [6, 6.07) is 9.97. The van der Waals surface area contributed by atoms with E-state index in [1.807, 2.05) is 0 Å². The highest BCUT2D eigenvalue weighted by molar-refractivity contribution is 7.92. The van der Waals surface area contributed by atoms with Gasteiger partial charge in [-0.25, -0.2) is 12.8 Å². The summed E-state index contributed by atoms with van der Waals surface area (Å²) in [5, 5.41) is 2.72. The molecule has 0 aromatic heterocycles. The van der Waals surface area contributed by atoms with Crippen LogP contribution in [0.1, 0.15) is 18.5 Å². The summed E-state index contributed by atoms with van der Waals surface area (Å²) < 4.78 is 48.9. The normalized spacial score (nSPS) is 13.9. The summed E-state index contributed by atoms with van der Waals surface area (Å²) in [5.74, 6) is 0.0704. The number of fused-ring (bicyclic) bond motifs is 1. The van der Waals surface area contributed by atoms with Gasteiger partial charge in [-0.15, -0.1) is 0 Å². The van der Waals surface area contributed by atoms with E-state index in [9.17, 15) is 17.6 Å². The Bertz CT molecular complexity index is 947. The number of carbonyl (C=O) groups is 1. The highest BCUT2D eigenvalue weighted by Crippen LogP contribution is 2.36. The Morgan fingerprint density at radius 1 is 1.19 bits per heavy atom. The molecule has 0 spiro atoms. The lowest BCUT2D eigenvalue weighted by molar-refractivity contribution is -0.120. The Morgan fingerprint density at radius 2 is 1.85 bits per heavy atom. The van der Waals surface area contributed by atoms with Crippen molar-refractivity contribution >= 4 is 21.6 Å². The first-order chi connectivity index (χ1) is 12.7. The number of hydrogen-bond donors (Lipinski definition) is 1. The summed E-state index contributed by atoms with van der Waals surface area (Å²) in [7, 11) is -3.71. The number of nitrogens with one attached hydrogen (secondary N) is 1. The Kier molecular flexibility index (Phi) is 5.22. The second-order valence-corrected chi connectivity index (χ2v) is 8.05. The molecular formula is C18H19FN2O5S. The average Bonchev–Trinajstić information content (AvgIpc) is 3.06. The molecule has 0 unspecified atom stereocenters. The molecule has 0 radical (unpaired) electrons. The molecule has 2 aromatic carbocycles. The molecule has 27 heavy (non-hydrogen) atoms. The van der Waals surface area contributed by atoms with Crippen LogP contribution in [-0.2, 0) is 14.8 Å².